The van der Waals surface area contributed by atoms with E-state index >= 15 is 0 Å². The van der Waals surface area contributed by atoms with E-state index in [2.05, 4.69) is 33.9 Å². The van der Waals surface area contributed by atoms with Gasteiger partial charge in [0.25, 0.3) is 0 Å². The van der Waals surface area contributed by atoms with Crippen LogP contribution in [-0.4, -0.2) is 58.2 Å². The quantitative estimate of drug-likeness (QED) is 0.588. The molecule has 22 heavy (non-hydrogen) atoms. The van der Waals surface area contributed by atoms with Crippen molar-refractivity contribution in [2.45, 2.75) is 63.9 Å². The van der Waals surface area contributed by atoms with Crippen LogP contribution in [0.5, 0.6) is 0 Å². The molecule has 1 saturated heterocycles. The molecule has 1 heterocycles. The largest absolute Gasteiger partial charge is 0.467 e. The summed E-state index contributed by atoms with van der Waals surface area (Å²) in [6.45, 7) is 11.4. The first kappa shape index (κ1) is 19.0. The number of likely N-dealkylation sites (tertiary alicyclic amines) is 1. The maximum absolute atomic E-state index is 12.0. The van der Waals surface area contributed by atoms with Gasteiger partial charge in [-0.05, 0) is 24.6 Å². The van der Waals surface area contributed by atoms with Crippen molar-refractivity contribution in [3.8, 4) is 0 Å². The first-order chi connectivity index (χ1) is 10.0. The Bertz CT molecular complexity index is 419. The third kappa shape index (κ3) is 4.22. The van der Waals surface area contributed by atoms with Crippen molar-refractivity contribution in [1.82, 2.24) is 4.90 Å². The van der Waals surface area contributed by atoms with Gasteiger partial charge in [-0.3, -0.25) is 4.90 Å². The Morgan fingerprint density at radius 3 is 2.18 bits per heavy atom. The SMILES string of the molecule is COC(=O)[C@@H]1C[C@H](O[Si](C)(C)C(C)(C)C)CCN1C(=O)OC. The number of carbonyl (C=O) groups is 2. The van der Waals surface area contributed by atoms with E-state index in [0.717, 1.165) is 0 Å². The summed E-state index contributed by atoms with van der Waals surface area (Å²) in [7, 11) is 0.733. The van der Waals surface area contributed by atoms with E-state index in [0.29, 0.717) is 19.4 Å². The molecule has 7 heteroatoms. The molecule has 0 bridgehead atoms. The van der Waals surface area contributed by atoms with E-state index in [4.69, 9.17) is 13.9 Å². The van der Waals surface area contributed by atoms with Gasteiger partial charge in [0, 0.05) is 19.1 Å². The Balaban J connectivity index is 2.84. The van der Waals surface area contributed by atoms with Crippen LogP contribution >= 0.6 is 0 Å². The van der Waals surface area contributed by atoms with Crippen LogP contribution in [0.1, 0.15) is 33.6 Å². The summed E-state index contributed by atoms with van der Waals surface area (Å²) in [4.78, 5) is 25.2. The van der Waals surface area contributed by atoms with Gasteiger partial charge < -0.3 is 13.9 Å². The molecule has 0 aromatic heterocycles. The van der Waals surface area contributed by atoms with Crippen molar-refractivity contribution in [3.05, 3.63) is 0 Å². The molecule has 6 nitrogen and oxygen atoms in total. The van der Waals surface area contributed by atoms with Gasteiger partial charge >= 0.3 is 12.1 Å². The summed E-state index contributed by atoms with van der Waals surface area (Å²) in [5.74, 6) is -0.422. The van der Waals surface area contributed by atoms with Crippen molar-refractivity contribution in [1.29, 1.82) is 0 Å². The first-order valence-electron chi connectivity index (χ1n) is 7.63. The average molecular weight is 331 g/mol. The molecular formula is C15H29NO5Si. The van der Waals surface area contributed by atoms with Gasteiger partial charge in [0.05, 0.1) is 14.2 Å². The van der Waals surface area contributed by atoms with Crippen molar-refractivity contribution < 1.29 is 23.5 Å². The normalized spacial score (nSPS) is 23.1. The molecule has 0 aromatic carbocycles. The van der Waals surface area contributed by atoms with Crippen LogP contribution in [-0.2, 0) is 18.7 Å². The highest BCUT2D eigenvalue weighted by Gasteiger charge is 2.43. The maximum atomic E-state index is 12.0. The summed E-state index contributed by atoms with van der Waals surface area (Å²) in [5.41, 5.74) is 0. The van der Waals surface area contributed by atoms with Crippen LogP contribution in [0.25, 0.3) is 0 Å². The number of hydrogen-bond donors (Lipinski definition) is 0. The highest BCUT2D eigenvalue weighted by atomic mass is 28.4. The van der Waals surface area contributed by atoms with Crippen LogP contribution in [0.2, 0.25) is 18.1 Å². The van der Waals surface area contributed by atoms with Gasteiger partial charge in [0.15, 0.2) is 8.32 Å². The van der Waals surface area contributed by atoms with E-state index in [-0.39, 0.29) is 11.1 Å². The number of rotatable bonds is 3. The van der Waals surface area contributed by atoms with E-state index in [1.165, 1.54) is 19.1 Å². The van der Waals surface area contributed by atoms with Crippen LogP contribution in [0, 0.1) is 0 Å². The first-order valence-corrected chi connectivity index (χ1v) is 10.5. The zero-order valence-corrected chi connectivity index (χ0v) is 15.8. The molecule has 0 saturated carbocycles. The Morgan fingerprint density at radius 1 is 1.14 bits per heavy atom. The number of esters is 1. The fourth-order valence-electron chi connectivity index (χ4n) is 2.33. The van der Waals surface area contributed by atoms with Crippen LogP contribution in [0.3, 0.4) is 0 Å². The summed E-state index contributed by atoms with van der Waals surface area (Å²) < 4.78 is 16.0. The second-order valence-corrected chi connectivity index (χ2v) is 12.0. The minimum atomic E-state index is -1.91. The lowest BCUT2D eigenvalue weighted by molar-refractivity contribution is -0.149. The number of ether oxygens (including phenoxy) is 2. The van der Waals surface area contributed by atoms with Crippen molar-refractivity contribution >= 4 is 20.4 Å². The van der Waals surface area contributed by atoms with E-state index in [1.54, 1.807) is 0 Å². The Morgan fingerprint density at radius 2 is 1.73 bits per heavy atom. The summed E-state index contributed by atoms with van der Waals surface area (Å²) in [6, 6.07) is -0.638. The van der Waals surface area contributed by atoms with Gasteiger partial charge in [-0.25, -0.2) is 9.59 Å². The lowest BCUT2D eigenvalue weighted by Crippen LogP contribution is -2.54. The predicted molar refractivity (Wildman–Crippen MR) is 86.2 cm³/mol. The Labute approximate surface area is 134 Å². The monoisotopic (exact) mass is 331 g/mol. The zero-order chi connectivity index (χ0) is 17.1. The molecule has 0 aliphatic carbocycles. The highest BCUT2D eigenvalue weighted by molar-refractivity contribution is 6.74. The minimum absolute atomic E-state index is 0.0362. The van der Waals surface area contributed by atoms with Gasteiger partial charge in [-0.15, -0.1) is 0 Å². The minimum Gasteiger partial charge on any atom is -0.467 e. The number of carbonyl (C=O) groups excluding carboxylic acids is 2. The van der Waals surface area contributed by atoms with Gasteiger partial charge in [-0.2, -0.15) is 0 Å². The maximum Gasteiger partial charge on any atom is 0.410 e. The third-order valence-corrected chi connectivity index (χ3v) is 9.24. The molecule has 1 amide bonds. The molecule has 0 radical (unpaired) electrons. The summed E-state index contributed by atoms with van der Waals surface area (Å²) >= 11 is 0. The summed E-state index contributed by atoms with van der Waals surface area (Å²) in [5, 5.41) is 0.104. The third-order valence-electron chi connectivity index (χ3n) is 4.70. The Kier molecular flexibility index (Phi) is 6.03. The molecule has 1 rings (SSSR count). The predicted octanol–water partition coefficient (Wildman–Crippen LogP) is 2.78. The Hall–Kier alpha value is -1.08. The van der Waals surface area contributed by atoms with Crippen molar-refractivity contribution in [2.24, 2.45) is 0 Å². The second-order valence-electron chi connectivity index (χ2n) is 7.23. The lowest BCUT2D eigenvalue weighted by Gasteiger charge is -2.43. The van der Waals surface area contributed by atoms with Crippen LogP contribution in [0.15, 0.2) is 0 Å². The lowest BCUT2D eigenvalue weighted by atomic mass is 10.00. The number of nitrogens with zero attached hydrogens (tertiary/aromatic N) is 1. The number of amides is 1. The van der Waals surface area contributed by atoms with E-state index in [1.807, 2.05) is 0 Å². The van der Waals surface area contributed by atoms with Crippen LogP contribution in [0.4, 0.5) is 4.79 Å². The average Bonchev–Trinajstić information content (AvgIpc) is 2.43. The number of piperidine rings is 1. The molecule has 1 aliphatic heterocycles. The standard InChI is InChI=1S/C15H29NO5Si/c1-15(2,3)22(6,7)21-11-8-9-16(14(18)20-5)12(10-11)13(17)19-4/h11-12H,8-10H2,1-7H3/t11-,12+/m1/s1. The number of methoxy groups -OCH3 is 2. The van der Waals surface area contributed by atoms with Crippen LogP contribution < -0.4 is 0 Å². The molecule has 0 unspecified atom stereocenters. The van der Waals surface area contributed by atoms with Gasteiger partial charge in [0.2, 0.25) is 0 Å². The van der Waals surface area contributed by atoms with E-state index in [9.17, 15) is 9.59 Å². The summed E-state index contributed by atoms with van der Waals surface area (Å²) in [6.07, 6.45) is 0.621. The van der Waals surface area contributed by atoms with Crippen molar-refractivity contribution in [3.63, 3.8) is 0 Å². The van der Waals surface area contributed by atoms with Gasteiger partial charge in [-0.1, -0.05) is 20.8 Å². The fraction of sp³-hybridized carbons (Fsp3) is 0.867. The molecule has 0 spiro atoms. The topological polar surface area (TPSA) is 65.1 Å². The molecule has 0 aromatic rings. The fourth-order valence-corrected chi connectivity index (χ4v) is 3.73. The molecule has 2 atom stereocenters. The molecule has 128 valence electrons. The highest BCUT2D eigenvalue weighted by Crippen LogP contribution is 2.39. The number of hydrogen-bond acceptors (Lipinski definition) is 5. The molecular weight excluding hydrogens is 302 g/mol. The van der Waals surface area contributed by atoms with E-state index < -0.39 is 26.4 Å². The van der Waals surface area contributed by atoms with Gasteiger partial charge in [0.1, 0.15) is 6.04 Å². The smallest absolute Gasteiger partial charge is 0.410 e. The van der Waals surface area contributed by atoms with Crippen molar-refractivity contribution in [2.75, 3.05) is 20.8 Å². The molecule has 1 aliphatic rings. The molecule has 1 fully saturated rings. The second kappa shape index (κ2) is 7.00. The zero-order valence-electron chi connectivity index (χ0n) is 14.8. The molecule has 0 N–H and O–H groups in total.